The van der Waals surface area contributed by atoms with Gasteiger partial charge in [-0.05, 0) is 63.1 Å². The maximum atomic E-state index is 13.4. The molecular weight excluding hydrogens is 442 g/mol. The van der Waals surface area contributed by atoms with Crippen molar-refractivity contribution in [2.45, 2.75) is 40.3 Å². The molecule has 1 unspecified atom stereocenters. The van der Waals surface area contributed by atoms with E-state index in [1.807, 2.05) is 38.1 Å². The maximum Gasteiger partial charge on any atom is 0.244 e. The van der Waals surface area contributed by atoms with Gasteiger partial charge in [0.2, 0.25) is 21.8 Å². The second-order valence-electron chi connectivity index (χ2n) is 7.72. The van der Waals surface area contributed by atoms with Crippen LogP contribution in [0.4, 0.5) is 5.69 Å². The van der Waals surface area contributed by atoms with Gasteiger partial charge in [-0.3, -0.25) is 13.9 Å². The number of benzene rings is 2. The van der Waals surface area contributed by atoms with Gasteiger partial charge in [-0.15, -0.1) is 0 Å². The lowest BCUT2D eigenvalue weighted by atomic mass is 10.1. The zero-order valence-electron chi connectivity index (χ0n) is 19.9. The Morgan fingerprint density at radius 2 is 1.70 bits per heavy atom. The number of likely N-dealkylation sites (N-methyl/N-ethyl adjacent to an activating group) is 1. The number of carbonyl (C=O) groups excluding carboxylic acids is 2. The molecule has 2 aromatic rings. The highest BCUT2D eigenvalue weighted by atomic mass is 32.2. The van der Waals surface area contributed by atoms with Crippen molar-refractivity contribution in [2.24, 2.45) is 0 Å². The van der Waals surface area contributed by atoms with Gasteiger partial charge in [0.15, 0.2) is 0 Å². The van der Waals surface area contributed by atoms with Crippen LogP contribution >= 0.6 is 0 Å². The Labute approximate surface area is 196 Å². The van der Waals surface area contributed by atoms with Crippen molar-refractivity contribution in [2.75, 3.05) is 30.3 Å². The van der Waals surface area contributed by atoms with Gasteiger partial charge in [0.25, 0.3) is 0 Å². The number of aryl methyl sites for hydroxylation is 1. The first-order valence-electron chi connectivity index (χ1n) is 10.9. The van der Waals surface area contributed by atoms with Crippen molar-refractivity contribution in [1.82, 2.24) is 10.2 Å². The number of ether oxygens (including phenoxy) is 1. The van der Waals surface area contributed by atoms with Crippen LogP contribution in [-0.2, 0) is 26.2 Å². The van der Waals surface area contributed by atoms with Crippen LogP contribution in [0.3, 0.4) is 0 Å². The molecule has 0 saturated carbocycles. The maximum absolute atomic E-state index is 13.4. The molecule has 0 saturated heterocycles. The van der Waals surface area contributed by atoms with Gasteiger partial charge in [0, 0.05) is 13.1 Å². The highest BCUT2D eigenvalue weighted by Crippen LogP contribution is 2.23. The lowest BCUT2D eigenvalue weighted by Crippen LogP contribution is -2.51. The predicted molar refractivity (Wildman–Crippen MR) is 130 cm³/mol. The SMILES string of the molecule is CCNC(=O)C(C)N(Cc1ccccc1C)C(=O)CN(c1ccc(OCC)cc1)S(C)(=O)=O. The van der Waals surface area contributed by atoms with Gasteiger partial charge in [-0.2, -0.15) is 0 Å². The predicted octanol–water partition coefficient (Wildman–Crippen LogP) is 2.71. The molecule has 0 radical (unpaired) electrons. The summed E-state index contributed by atoms with van der Waals surface area (Å²) in [6.07, 6.45) is 1.05. The zero-order valence-corrected chi connectivity index (χ0v) is 20.7. The minimum atomic E-state index is -3.76. The first-order valence-corrected chi connectivity index (χ1v) is 12.8. The third kappa shape index (κ3) is 7.21. The average molecular weight is 476 g/mol. The van der Waals surface area contributed by atoms with E-state index in [1.54, 1.807) is 38.1 Å². The van der Waals surface area contributed by atoms with Crippen LogP contribution in [0.15, 0.2) is 48.5 Å². The number of nitrogens with zero attached hydrogens (tertiary/aromatic N) is 2. The average Bonchev–Trinajstić information content (AvgIpc) is 2.76. The van der Waals surface area contributed by atoms with E-state index in [4.69, 9.17) is 4.74 Å². The number of anilines is 1. The number of carbonyl (C=O) groups is 2. The standard InChI is InChI=1S/C24H33N3O5S/c1-6-25-24(29)19(4)26(16-20-11-9-8-10-18(20)3)23(28)17-27(33(5,30)31)21-12-14-22(15-13-21)32-7-2/h8-15,19H,6-7,16-17H2,1-5H3,(H,25,29). The fraction of sp³-hybridized carbons (Fsp3) is 0.417. The molecular formula is C24H33N3O5S. The highest BCUT2D eigenvalue weighted by Gasteiger charge is 2.30. The summed E-state index contributed by atoms with van der Waals surface area (Å²) in [6.45, 7) is 7.90. The third-order valence-electron chi connectivity index (χ3n) is 5.24. The van der Waals surface area contributed by atoms with Crippen LogP contribution in [0, 0.1) is 6.92 Å². The molecule has 8 nitrogen and oxygen atoms in total. The van der Waals surface area contributed by atoms with Gasteiger partial charge in [-0.1, -0.05) is 24.3 Å². The van der Waals surface area contributed by atoms with E-state index in [0.717, 1.165) is 21.7 Å². The van der Waals surface area contributed by atoms with Gasteiger partial charge in [0.05, 0.1) is 18.6 Å². The Bertz CT molecular complexity index is 1050. The molecule has 0 bridgehead atoms. The largest absolute Gasteiger partial charge is 0.494 e. The Kier molecular flexibility index (Phi) is 9.28. The Morgan fingerprint density at radius 1 is 1.06 bits per heavy atom. The van der Waals surface area contributed by atoms with Crippen LogP contribution < -0.4 is 14.4 Å². The highest BCUT2D eigenvalue weighted by molar-refractivity contribution is 7.92. The zero-order chi connectivity index (χ0) is 24.6. The Balaban J connectivity index is 2.37. The van der Waals surface area contributed by atoms with Gasteiger partial charge in [-0.25, -0.2) is 8.42 Å². The Morgan fingerprint density at radius 3 is 2.24 bits per heavy atom. The second-order valence-corrected chi connectivity index (χ2v) is 9.62. The van der Waals surface area contributed by atoms with Crippen molar-refractivity contribution in [3.8, 4) is 5.75 Å². The summed E-state index contributed by atoms with van der Waals surface area (Å²) in [7, 11) is -3.76. The number of sulfonamides is 1. The topological polar surface area (TPSA) is 96.0 Å². The van der Waals surface area contributed by atoms with E-state index in [2.05, 4.69) is 5.32 Å². The van der Waals surface area contributed by atoms with Crippen LogP contribution in [0.2, 0.25) is 0 Å². The molecule has 33 heavy (non-hydrogen) atoms. The molecule has 0 spiro atoms. The molecule has 180 valence electrons. The van der Waals surface area contributed by atoms with Gasteiger partial charge in [0.1, 0.15) is 18.3 Å². The summed E-state index contributed by atoms with van der Waals surface area (Å²) in [5.74, 6) is -0.171. The van der Waals surface area contributed by atoms with Crippen LogP contribution in [0.25, 0.3) is 0 Å². The smallest absolute Gasteiger partial charge is 0.244 e. The first kappa shape index (κ1) is 26.2. The number of nitrogens with one attached hydrogen (secondary N) is 1. The minimum Gasteiger partial charge on any atom is -0.494 e. The molecule has 0 heterocycles. The summed E-state index contributed by atoms with van der Waals surface area (Å²) in [6, 6.07) is 13.3. The lowest BCUT2D eigenvalue weighted by molar-refractivity contribution is -0.139. The molecule has 2 aromatic carbocycles. The quantitative estimate of drug-likeness (QED) is 0.539. The summed E-state index contributed by atoms with van der Waals surface area (Å²) in [5.41, 5.74) is 2.20. The number of rotatable bonds is 11. The lowest BCUT2D eigenvalue weighted by Gasteiger charge is -2.31. The molecule has 0 aromatic heterocycles. The van der Waals surface area contributed by atoms with E-state index < -0.39 is 28.5 Å². The van der Waals surface area contributed by atoms with Gasteiger partial charge < -0.3 is 15.0 Å². The van der Waals surface area contributed by atoms with Crippen molar-refractivity contribution in [3.05, 3.63) is 59.7 Å². The fourth-order valence-corrected chi connectivity index (χ4v) is 4.21. The van der Waals surface area contributed by atoms with Crippen molar-refractivity contribution in [1.29, 1.82) is 0 Å². The van der Waals surface area contributed by atoms with Crippen molar-refractivity contribution in [3.63, 3.8) is 0 Å². The summed E-state index contributed by atoms with van der Waals surface area (Å²) >= 11 is 0. The molecule has 2 rings (SSSR count). The molecule has 0 fully saturated rings. The molecule has 9 heteroatoms. The third-order valence-corrected chi connectivity index (χ3v) is 6.38. The molecule has 0 aliphatic carbocycles. The number of hydrogen-bond donors (Lipinski definition) is 1. The summed E-state index contributed by atoms with van der Waals surface area (Å²) < 4.78 is 31.6. The van der Waals surface area contributed by atoms with Gasteiger partial charge >= 0.3 is 0 Å². The normalized spacial score (nSPS) is 12.0. The monoisotopic (exact) mass is 475 g/mol. The van der Waals surface area contributed by atoms with E-state index in [9.17, 15) is 18.0 Å². The van der Waals surface area contributed by atoms with Crippen LogP contribution in [0.5, 0.6) is 5.75 Å². The molecule has 2 amide bonds. The van der Waals surface area contributed by atoms with Crippen molar-refractivity contribution >= 4 is 27.5 Å². The molecule has 0 aliphatic rings. The fourth-order valence-electron chi connectivity index (χ4n) is 3.36. The number of amides is 2. The molecule has 1 N–H and O–H groups in total. The minimum absolute atomic E-state index is 0.185. The Hall–Kier alpha value is -3.07. The van der Waals surface area contributed by atoms with E-state index in [1.165, 1.54) is 4.90 Å². The van der Waals surface area contributed by atoms with E-state index in [-0.39, 0.29) is 12.5 Å². The van der Waals surface area contributed by atoms with Crippen LogP contribution in [0.1, 0.15) is 31.9 Å². The van der Waals surface area contributed by atoms with E-state index >= 15 is 0 Å². The van der Waals surface area contributed by atoms with E-state index in [0.29, 0.717) is 24.6 Å². The first-order chi connectivity index (χ1) is 15.6. The van der Waals surface area contributed by atoms with Crippen molar-refractivity contribution < 1.29 is 22.7 Å². The summed E-state index contributed by atoms with van der Waals surface area (Å²) in [4.78, 5) is 27.4. The number of hydrogen-bond acceptors (Lipinski definition) is 5. The second kappa shape index (κ2) is 11.7. The molecule has 1 atom stereocenters. The van der Waals surface area contributed by atoms with Crippen LogP contribution in [-0.4, -0.2) is 57.1 Å². The summed E-state index contributed by atoms with van der Waals surface area (Å²) in [5, 5.41) is 2.74. The molecule has 0 aliphatic heterocycles.